The van der Waals surface area contributed by atoms with E-state index in [2.05, 4.69) is 207 Å². The van der Waals surface area contributed by atoms with E-state index in [1.165, 1.54) is 48.8 Å². The minimum Gasteiger partial charge on any atom is -0.311 e. The van der Waals surface area contributed by atoms with Crippen molar-refractivity contribution in [2.45, 2.75) is 26.2 Å². The first-order valence-corrected chi connectivity index (χ1v) is 19.0. The van der Waals surface area contributed by atoms with Crippen LogP contribution in [0.2, 0.25) is 0 Å². The predicted octanol–water partition coefficient (Wildman–Crippen LogP) is 14.8. The molecule has 0 spiro atoms. The highest BCUT2D eigenvalue weighted by atomic mass is 32.1. The Balaban J connectivity index is 1.17. The zero-order valence-electron chi connectivity index (χ0n) is 30.4. The maximum absolute atomic E-state index is 3.79. The highest BCUT2D eigenvalue weighted by Crippen LogP contribution is 2.51. The fourth-order valence-electron chi connectivity index (χ4n) is 7.48. The monoisotopic (exact) mass is 702 g/mol. The first kappa shape index (κ1) is 34.0. The summed E-state index contributed by atoms with van der Waals surface area (Å²) in [6.45, 7) is 10.6. The van der Waals surface area contributed by atoms with Crippen LogP contribution < -0.4 is 9.80 Å². The summed E-state index contributed by atoms with van der Waals surface area (Å²) in [5.74, 6) is 0. The van der Waals surface area contributed by atoms with Crippen molar-refractivity contribution >= 4 is 50.3 Å². The number of hydrogen-bond acceptors (Lipinski definition) is 3. The van der Waals surface area contributed by atoms with Crippen molar-refractivity contribution in [3.8, 4) is 21.6 Å². The first-order chi connectivity index (χ1) is 25.9. The number of anilines is 6. The van der Waals surface area contributed by atoms with Gasteiger partial charge < -0.3 is 9.80 Å². The maximum atomic E-state index is 3.79. The van der Waals surface area contributed by atoms with Crippen LogP contribution in [-0.4, -0.2) is 0 Å². The second kappa shape index (κ2) is 14.5. The molecule has 3 heteroatoms. The third-order valence-electron chi connectivity index (χ3n) is 10.3. The van der Waals surface area contributed by atoms with Crippen molar-refractivity contribution < 1.29 is 0 Å². The van der Waals surface area contributed by atoms with Gasteiger partial charge in [-0.25, -0.2) is 0 Å². The van der Waals surface area contributed by atoms with Gasteiger partial charge in [-0.3, -0.25) is 0 Å². The average Bonchev–Trinajstić information content (AvgIpc) is 3.77. The molecule has 0 radical (unpaired) electrons. The molecule has 1 heterocycles. The standard InChI is InChI=1S/C50H42N2S/c1-5-6-9-16-36(2)37-23-27-42(28-24-37)52(43-31-32-47-45(35-43)44-21-14-15-22-46(44)50(47,3)4)49-34-33-48(53-49)38-25-29-41(30-26-38)51(39-17-10-7-11-18-39)40-19-12-8-13-20-40/h5-35H,1H2,2-4H3/b9-6-,36-16+. The van der Waals surface area contributed by atoms with Crippen molar-refractivity contribution in [3.63, 3.8) is 0 Å². The lowest BCUT2D eigenvalue weighted by Crippen LogP contribution is -2.15. The molecule has 7 aromatic rings. The normalized spacial score (nSPS) is 13.1. The maximum Gasteiger partial charge on any atom is 0.101 e. The molecule has 0 saturated heterocycles. The van der Waals surface area contributed by atoms with Crippen LogP contribution in [-0.2, 0) is 5.41 Å². The molecule has 0 unspecified atom stereocenters. The fraction of sp³-hybridized carbons (Fsp3) is 0.0800. The minimum atomic E-state index is -0.0420. The molecule has 0 saturated carbocycles. The third kappa shape index (κ3) is 6.57. The smallest absolute Gasteiger partial charge is 0.101 e. The zero-order chi connectivity index (χ0) is 36.4. The van der Waals surface area contributed by atoms with Crippen molar-refractivity contribution in [2.24, 2.45) is 0 Å². The molecule has 0 fully saturated rings. The van der Waals surface area contributed by atoms with Crippen LogP contribution in [0, 0.1) is 0 Å². The molecule has 6 aromatic carbocycles. The van der Waals surface area contributed by atoms with Crippen LogP contribution in [0.4, 0.5) is 33.4 Å². The van der Waals surface area contributed by atoms with E-state index in [1.807, 2.05) is 23.5 Å². The summed E-state index contributed by atoms with van der Waals surface area (Å²) in [6, 6.07) is 59.4. The molecular formula is C50H42N2S. The van der Waals surface area contributed by atoms with Gasteiger partial charge in [-0.2, -0.15) is 0 Å². The van der Waals surface area contributed by atoms with E-state index in [0.29, 0.717) is 0 Å². The summed E-state index contributed by atoms with van der Waals surface area (Å²) in [6.07, 6.45) is 7.92. The number of thiophene rings is 1. The minimum absolute atomic E-state index is 0.0420. The summed E-state index contributed by atoms with van der Waals surface area (Å²) in [4.78, 5) is 5.93. The Morgan fingerprint density at radius 2 is 1.11 bits per heavy atom. The molecule has 1 aliphatic rings. The van der Waals surface area contributed by atoms with Crippen molar-refractivity contribution in [3.05, 3.63) is 211 Å². The molecule has 0 N–H and O–H groups in total. The van der Waals surface area contributed by atoms with Gasteiger partial charge >= 0.3 is 0 Å². The van der Waals surface area contributed by atoms with Crippen LogP contribution >= 0.6 is 11.3 Å². The molecule has 0 atom stereocenters. The van der Waals surface area contributed by atoms with Gasteiger partial charge in [0.2, 0.25) is 0 Å². The van der Waals surface area contributed by atoms with E-state index in [1.54, 1.807) is 6.08 Å². The Hall–Kier alpha value is -6.16. The van der Waals surface area contributed by atoms with E-state index >= 15 is 0 Å². The molecule has 1 aliphatic carbocycles. The van der Waals surface area contributed by atoms with E-state index in [-0.39, 0.29) is 5.41 Å². The van der Waals surface area contributed by atoms with Gasteiger partial charge in [-0.1, -0.05) is 136 Å². The summed E-state index contributed by atoms with van der Waals surface area (Å²) < 4.78 is 0. The van der Waals surface area contributed by atoms with Gasteiger partial charge in [-0.15, -0.1) is 11.3 Å². The van der Waals surface area contributed by atoms with Gasteiger partial charge in [0.05, 0.1) is 0 Å². The number of para-hydroxylation sites is 2. The van der Waals surface area contributed by atoms with Gasteiger partial charge in [0.1, 0.15) is 5.00 Å². The Bertz CT molecular complexity index is 2390. The van der Waals surface area contributed by atoms with Gasteiger partial charge in [0.15, 0.2) is 0 Å². The van der Waals surface area contributed by atoms with Crippen LogP contribution in [0.15, 0.2) is 195 Å². The molecule has 258 valence electrons. The number of allylic oxidation sites excluding steroid dienone is 5. The molecule has 0 aliphatic heterocycles. The summed E-state index contributed by atoms with van der Waals surface area (Å²) in [5.41, 5.74) is 14.6. The lowest BCUT2D eigenvalue weighted by molar-refractivity contribution is 0.660. The molecular weight excluding hydrogens is 661 g/mol. The summed E-state index contributed by atoms with van der Waals surface area (Å²) in [5, 5.41) is 1.17. The fourth-order valence-corrected chi connectivity index (χ4v) is 8.53. The average molecular weight is 703 g/mol. The molecule has 53 heavy (non-hydrogen) atoms. The van der Waals surface area contributed by atoms with Crippen molar-refractivity contribution in [2.75, 3.05) is 9.80 Å². The lowest BCUT2D eigenvalue weighted by atomic mass is 9.82. The van der Waals surface area contributed by atoms with Crippen molar-refractivity contribution in [1.82, 2.24) is 0 Å². The number of nitrogens with zero attached hydrogens (tertiary/aromatic N) is 2. The van der Waals surface area contributed by atoms with E-state index in [0.717, 1.165) is 28.4 Å². The zero-order valence-corrected chi connectivity index (χ0v) is 31.2. The van der Waals surface area contributed by atoms with E-state index < -0.39 is 0 Å². The Labute approximate surface area is 318 Å². The number of rotatable bonds is 10. The second-order valence-electron chi connectivity index (χ2n) is 13.9. The van der Waals surface area contributed by atoms with Gasteiger partial charge in [0.25, 0.3) is 0 Å². The second-order valence-corrected chi connectivity index (χ2v) is 15.0. The molecule has 2 nitrogen and oxygen atoms in total. The quantitative estimate of drug-likeness (QED) is 0.131. The molecule has 8 rings (SSSR count). The van der Waals surface area contributed by atoms with Crippen molar-refractivity contribution in [1.29, 1.82) is 0 Å². The molecule has 0 amide bonds. The Morgan fingerprint density at radius 1 is 0.547 bits per heavy atom. The van der Waals surface area contributed by atoms with Crippen LogP contribution in [0.3, 0.4) is 0 Å². The van der Waals surface area contributed by atoms with E-state index in [9.17, 15) is 0 Å². The third-order valence-corrected chi connectivity index (χ3v) is 11.4. The number of hydrogen-bond donors (Lipinski definition) is 0. The molecule has 1 aromatic heterocycles. The van der Waals surface area contributed by atoms with Gasteiger partial charge in [0, 0.05) is 38.7 Å². The number of benzene rings is 6. The highest BCUT2D eigenvalue weighted by molar-refractivity contribution is 7.19. The summed E-state index contributed by atoms with van der Waals surface area (Å²) >= 11 is 1.82. The Morgan fingerprint density at radius 3 is 1.79 bits per heavy atom. The topological polar surface area (TPSA) is 6.48 Å². The Kier molecular flexibility index (Phi) is 9.26. The number of fused-ring (bicyclic) bond motifs is 3. The van der Waals surface area contributed by atoms with Crippen LogP contribution in [0.5, 0.6) is 0 Å². The largest absolute Gasteiger partial charge is 0.311 e. The van der Waals surface area contributed by atoms with Crippen LogP contribution in [0.25, 0.3) is 27.1 Å². The summed E-state index contributed by atoms with van der Waals surface area (Å²) in [7, 11) is 0. The highest BCUT2D eigenvalue weighted by Gasteiger charge is 2.35. The first-order valence-electron chi connectivity index (χ1n) is 18.1. The predicted molar refractivity (Wildman–Crippen MR) is 230 cm³/mol. The lowest BCUT2D eigenvalue weighted by Gasteiger charge is -2.26. The van der Waals surface area contributed by atoms with Gasteiger partial charge in [-0.05, 0) is 119 Å². The van der Waals surface area contributed by atoms with E-state index in [4.69, 9.17) is 0 Å². The molecule has 0 bridgehead atoms. The SMILES string of the molecule is C=C/C=C\C=C(/C)c1ccc(N(c2ccc3c(c2)-c2ccccc2C3(C)C)c2ccc(-c3ccc(N(c4ccccc4)c4ccccc4)cc3)s2)cc1. The van der Waals surface area contributed by atoms with Crippen LogP contribution in [0.1, 0.15) is 37.5 Å².